The highest BCUT2D eigenvalue weighted by Gasteiger charge is 2.06. The summed E-state index contributed by atoms with van der Waals surface area (Å²) >= 11 is 6.28. The number of ether oxygens (including phenoxy) is 1. The maximum Gasteiger partial charge on any atom is 0.251 e. The Morgan fingerprint density at radius 1 is 1.13 bits per heavy atom. The first-order chi connectivity index (χ1) is 14.5. The monoisotopic (exact) mass is 432 g/mol. The predicted molar refractivity (Wildman–Crippen MR) is 121 cm³/mol. The summed E-state index contributed by atoms with van der Waals surface area (Å²) in [7, 11) is 1.62. The largest absolute Gasteiger partial charge is 0.508 e. The lowest BCUT2D eigenvalue weighted by atomic mass is 10.1. The van der Waals surface area contributed by atoms with Gasteiger partial charge < -0.3 is 25.8 Å². The van der Waals surface area contributed by atoms with Crippen molar-refractivity contribution < 1.29 is 14.6 Å². The minimum absolute atomic E-state index is 0.0736. The van der Waals surface area contributed by atoms with Gasteiger partial charge in [-0.25, -0.2) is 0 Å². The van der Waals surface area contributed by atoms with Gasteiger partial charge in [-0.2, -0.15) is 0 Å². The van der Waals surface area contributed by atoms with Gasteiger partial charge in [0.15, 0.2) is 5.96 Å². The Morgan fingerprint density at radius 3 is 2.67 bits per heavy atom. The number of halogens is 1. The summed E-state index contributed by atoms with van der Waals surface area (Å²) in [5.41, 5.74) is 1.47. The third kappa shape index (κ3) is 7.83. The number of amides is 1. The third-order valence-electron chi connectivity index (χ3n) is 4.29. The molecule has 0 fully saturated rings. The fraction of sp³-hybridized carbons (Fsp3) is 0.364. The summed E-state index contributed by atoms with van der Waals surface area (Å²) in [5, 5.41) is 19.4. The van der Waals surface area contributed by atoms with Crippen molar-refractivity contribution in [2.45, 2.75) is 19.8 Å². The van der Waals surface area contributed by atoms with E-state index in [9.17, 15) is 9.90 Å². The number of phenols is 1. The molecule has 0 aliphatic carbocycles. The van der Waals surface area contributed by atoms with Gasteiger partial charge in [0.2, 0.25) is 0 Å². The molecule has 4 N–H and O–H groups in total. The number of carbonyl (C=O) groups is 1. The molecule has 0 atom stereocenters. The van der Waals surface area contributed by atoms with Crippen LogP contribution in [0.4, 0.5) is 0 Å². The highest BCUT2D eigenvalue weighted by atomic mass is 35.5. The van der Waals surface area contributed by atoms with Gasteiger partial charge in [-0.15, -0.1) is 0 Å². The molecule has 0 radical (unpaired) electrons. The number of carbonyl (C=O) groups excluding carboxylic acids is 1. The van der Waals surface area contributed by atoms with Gasteiger partial charge in [0, 0.05) is 36.8 Å². The topological polar surface area (TPSA) is 95.0 Å². The molecule has 2 aromatic rings. The second-order valence-corrected chi connectivity index (χ2v) is 6.96. The molecule has 0 unspecified atom stereocenters. The van der Waals surface area contributed by atoms with Crippen molar-refractivity contribution in [1.29, 1.82) is 0 Å². The van der Waals surface area contributed by atoms with Crippen molar-refractivity contribution in [3.8, 4) is 11.5 Å². The number of hydrogen-bond donors (Lipinski definition) is 4. The van der Waals surface area contributed by atoms with Gasteiger partial charge in [0.1, 0.15) is 11.5 Å². The van der Waals surface area contributed by atoms with Crippen LogP contribution in [0.1, 0.15) is 29.3 Å². The van der Waals surface area contributed by atoms with Crippen LogP contribution in [0, 0.1) is 0 Å². The summed E-state index contributed by atoms with van der Waals surface area (Å²) in [6, 6.07) is 11.9. The average molecular weight is 433 g/mol. The van der Waals surface area contributed by atoms with Crippen LogP contribution in [-0.4, -0.2) is 50.3 Å². The van der Waals surface area contributed by atoms with Gasteiger partial charge in [0.05, 0.1) is 7.11 Å². The standard InChI is InChI=1S/C22H29ClN4O3/c1-3-24-22(27-13-10-16-8-9-19(30-2)15-20(16)23)26-12-5-11-25-21(29)17-6-4-7-18(28)14-17/h4,6-9,14-15,28H,3,5,10-13H2,1-2H3,(H,25,29)(H2,24,26,27). The number of benzene rings is 2. The Balaban J connectivity index is 1.74. The van der Waals surface area contributed by atoms with E-state index in [1.54, 1.807) is 25.3 Å². The van der Waals surface area contributed by atoms with Crippen LogP contribution in [0.3, 0.4) is 0 Å². The molecule has 30 heavy (non-hydrogen) atoms. The summed E-state index contributed by atoms with van der Waals surface area (Å²) in [5.74, 6) is 1.32. The van der Waals surface area contributed by atoms with Gasteiger partial charge in [-0.1, -0.05) is 23.7 Å². The van der Waals surface area contributed by atoms with Crippen molar-refractivity contribution in [3.63, 3.8) is 0 Å². The predicted octanol–water partition coefficient (Wildman–Crippen LogP) is 2.97. The van der Waals surface area contributed by atoms with Crippen molar-refractivity contribution in [2.75, 3.05) is 33.3 Å². The van der Waals surface area contributed by atoms with Crippen molar-refractivity contribution in [3.05, 3.63) is 58.6 Å². The Bertz CT molecular complexity index is 858. The van der Waals surface area contributed by atoms with Crippen molar-refractivity contribution in [2.24, 2.45) is 4.99 Å². The fourth-order valence-electron chi connectivity index (χ4n) is 2.74. The lowest BCUT2D eigenvalue weighted by molar-refractivity contribution is 0.0953. The van der Waals surface area contributed by atoms with E-state index in [4.69, 9.17) is 16.3 Å². The fourth-order valence-corrected chi connectivity index (χ4v) is 3.00. The summed E-state index contributed by atoms with van der Waals surface area (Å²) in [4.78, 5) is 16.6. The van der Waals surface area contributed by atoms with Gasteiger partial charge in [-0.05, 0) is 55.7 Å². The van der Waals surface area contributed by atoms with Crippen LogP contribution in [-0.2, 0) is 6.42 Å². The van der Waals surface area contributed by atoms with Crippen LogP contribution < -0.4 is 20.7 Å². The maximum atomic E-state index is 12.0. The highest BCUT2D eigenvalue weighted by molar-refractivity contribution is 6.31. The third-order valence-corrected chi connectivity index (χ3v) is 4.64. The molecule has 7 nitrogen and oxygen atoms in total. The quantitative estimate of drug-likeness (QED) is 0.263. The molecule has 8 heteroatoms. The molecule has 0 saturated heterocycles. The lowest BCUT2D eigenvalue weighted by Crippen LogP contribution is -2.38. The molecule has 0 aliphatic heterocycles. The minimum Gasteiger partial charge on any atom is -0.508 e. The summed E-state index contributed by atoms with van der Waals surface area (Å²) in [6.07, 6.45) is 1.46. The number of aliphatic imine (C=N–C) groups is 1. The Kier molecular flexibility index (Phi) is 9.80. The van der Waals surface area contributed by atoms with E-state index in [1.807, 2.05) is 19.1 Å². The number of hydrogen-bond acceptors (Lipinski definition) is 4. The number of aromatic hydroxyl groups is 1. The first-order valence-corrected chi connectivity index (χ1v) is 10.3. The van der Waals surface area contributed by atoms with Gasteiger partial charge in [-0.3, -0.25) is 9.79 Å². The SMILES string of the molecule is CCNC(=NCCCNC(=O)c1cccc(O)c1)NCCc1ccc(OC)cc1Cl. The molecule has 0 bridgehead atoms. The number of rotatable bonds is 10. The zero-order valence-electron chi connectivity index (χ0n) is 17.4. The normalized spacial score (nSPS) is 11.1. The van der Waals surface area contributed by atoms with Crippen LogP contribution in [0.2, 0.25) is 5.02 Å². The molecule has 0 heterocycles. The number of guanidine groups is 1. The van der Waals surface area contributed by atoms with Gasteiger partial charge >= 0.3 is 0 Å². The molecule has 2 aromatic carbocycles. The minimum atomic E-state index is -0.212. The Labute approximate surface area is 182 Å². The van der Waals surface area contributed by atoms with E-state index in [-0.39, 0.29) is 11.7 Å². The van der Waals surface area contributed by atoms with E-state index < -0.39 is 0 Å². The average Bonchev–Trinajstić information content (AvgIpc) is 2.74. The van der Waals surface area contributed by atoms with Crippen LogP contribution >= 0.6 is 11.6 Å². The smallest absolute Gasteiger partial charge is 0.251 e. The van der Waals surface area contributed by atoms with E-state index in [1.165, 1.54) is 12.1 Å². The second kappa shape index (κ2) is 12.6. The summed E-state index contributed by atoms with van der Waals surface area (Å²) in [6.45, 7) is 4.51. The Morgan fingerprint density at radius 2 is 1.97 bits per heavy atom. The number of methoxy groups -OCH3 is 1. The molecule has 0 saturated carbocycles. The molecule has 1 amide bonds. The van der Waals surface area contributed by atoms with Crippen LogP contribution in [0.15, 0.2) is 47.5 Å². The molecule has 0 aliphatic rings. The van der Waals surface area contributed by atoms with Crippen molar-refractivity contribution >= 4 is 23.5 Å². The zero-order valence-corrected chi connectivity index (χ0v) is 18.1. The molecule has 162 valence electrons. The maximum absolute atomic E-state index is 12.0. The zero-order chi connectivity index (χ0) is 21.8. The molecular weight excluding hydrogens is 404 g/mol. The number of nitrogens with one attached hydrogen (secondary N) is 3. The van der Waals surface area contributed by atoms with Crippen LogP contribution in [0.25, 0.3) is 0 Å². The molecule has 0 aromatic heterocycles. The summed E-state index contributed by atoms with van der Waals surface area (Å²) < 4.78 is 5.17. The van der Waals surface area contributed by atoms with E-state index in [0.717, 1.165) is 30.2 Å². The highest BCUT2D eigenvalue weighted by Crippen LogP contribution is 2.22. The Hall–Kier alpha value is -2.93. The first kappa shape index (κ1) is 23.3. The van der Waals surface area contributed by atoms with E-state index in [2.05, 4.69) is 20.9 Å². The lowest BCUT2D eigenvalue weighted by Gasteiger charge is -2.12. The first-order valence-electron chi connectivity index (χ1n) is 9.95. The van der Waals surface area contributed by atoms with E-state index >= 15 is 0 Å². The second-order valence-electron chi connectivity index (χ2n) is 6.55. The van der Waals surface area contributed by atoms with Gasteiger partial charge in [0.25, 0.3) is 5.91 Å². The van der Waals surface area contributed by atoms with E-state index in [0.29, 0.717) is 36.6 Å². The van der Waals surface area contributed by atoms with Crippen molar-refractivity contribution in [1.82, 2.24) is 16.0 Å². The number of nitrogens with zero attached hydrogens (tertiary/aromatic N) is 1. The molecule has 2 rings (SSSR count). The molecular formula is C22H29ClN4O3. The number of phenolic OH excluding ortho intramolecular Hbond substituents is 1. The van der Waals surface area contributed by atoms with Crippen LogP contribution in [0.5, 0.6) is 11.5 Å². The molecule has 0 spiro atoms.